The lowest BCUT2D eigenvalue weighted by Crippen LogP contribution is -1.93. The van der Waals surface area contributed by atoms with Crippen molar-refractivity contribution in [1.82, 2.24) is 0 Å². The Kier molecular flexibility index (Phi) is 28.6. The Morgan fingerprint density at radius 3 is 1.03 bits per heavy atom. The van der Waals surface area contributed by atoms with E-state index < -0.39 is 5.97 Å². The van der Waals surface area contributed by atoms with Crippen LogP contribution in [-0.2, 0) is 4.79 Å². The van der Waals surface area contributed by atoms with E-state index in [2.05, 4.69) is 11.8 Å². The van der Waals surface area contributed by atoms with Gasteiger partial charge in [0.05, 0.1) is 0 Å². The average molecular weight is 473 g/mol. The fourth-order valence-corrected chi connectivity index (χ4v) is 5.28. The lowest BCUT2D eigenvalue weighted by molar-refractivity contribution is -0.137. The molecule has 0 aliphatic carbocycles. The molecule has 3 nitrogen and oxygen atoms in total. The Hall–Kier alpha value is -0.220. The highest BCUT2D eigenvalue weighted by molar-refractivity contribution is 7.99. The summed E-state index contributed by atoms with van der Waals surface area (Å²) in [5.74, 6) is 2.07. The van der Waals surface area contributed by atoms with Crippen molar-refractivity contribution >= 4 is 17.7 Å². The number of aliphatic carboxylic acids is 1. The number of carboxylic acid groups (broad SMARTS) is 1. The van der Waals surface area contributed by atoms with E-state index in [1.807, 2.05) is 0 Å². The number of thioether (sulfide) groups is 1. The summed E-state index contributed by atoms with van der Waals surface area (Å²) in [6.07, 6.45) is 30.6. The normalized spacial score (nSPS) is 11.3. The van der Waals surface area contributed by atoms with Gasteiger partial charge in [-0.3, -0.25) is 4.79 Å². The molecule has 0 atom stereocenters. The van der Waals surface area contributed by atoms with E-state index >= 15 is 0 Å². The highest BCUT2D eigenvalue weighted by Gasteiger charge is 1.98. The van der Waals surface area contributed by atoms with Crippen LogP contribution in [0.15, 0.2) is 0 Å². The van der Waals surface area contributed by atoms with Crippen LogP contribution in [0.4, 0.5) is 0 Å². The molecule has 0 aliphatic heterocycles. The molecule has 0 saturated carbocycles. The summed E-state index contributed by atoms with van der Waals surface area (Å²) in [5, 5.41) is 17.4. The van der Waals surface area contributed by atoms with Gasteiger partial charge in [0, 0.05) is 13.0 Å². The predicted octanol–water partition coefficient (Wildman–Crippen LogP) is 9.16. The molecule has 0 aromatic rings. The van der Waals surface area contributed by atoms with Gasteiger partial charge in [-0.1, -0.05) is 122 Å². The molecule has 0 rings (SSSR count). The smallest absolute Gasteiger partial charge is 0.303 e. The van der Waals surface area contributed by atoms with Gasteiger partial charge in [0.2, 0.25) is 0 Å². The van der Waals surface area contributed by atoms with Crippen molar-refractivity contribution in [2.45, 2.75) is 154 Å². The molecule has 32 heavy (non-hydrogen) atoms. The molecule has 4 heteroatoms. The summed E-state index contributed by atoms with van der Waals surface area (Å²) in [4.78, 5) is 10.4. The second kappa shape index (κ2) is 28.8. The molecule has 192 valence electrons. The maximum Gasteiger partial charge on any atom is 0.303 e. The Morgan fingerprint density at radius 2 is 0.719 bits per heavy atom. The van der Waals surface area contributed by atoms with Crippen molar-refractivity contribution in [3.8, 4) is 0 Å². The van der Waals surface area contributed by atoms with Gasteiger partial charge in [-0.05, 0) is 37.2 Å². The van der Waals surface area contributed by atoms with Crippen LogP contribution in [0.5, 0.6) is 0 Å². The van der Waals surface area contributed by atoms with Crippen molar-refractivity contribution in [3.05, 3.63) is 0 Å². The van der Waals surface area contributed by atoms with Crippen LogP contribution in [-0.4, -0.2) is 34.3 Å². The van der Waals surface area contributed by atoms with Gasteiger partial charge in [-0.2, -0.15) is 11.8 Å². The quantitative estimate of drug-likeness (QED) is 0.111. The number of hydrogen-bond acceptors (Lipinski definition) is 3. The lowest BCUT2D eigenvalue weighted by atomic mass is 10.0. The lowest BCUT2D eigenvalue weighted by Gasteiger charge is -2.04. The molecule has 0 unspecified atom stereocenters. The zero-order valence-electron chi connectivity index (χ0n) is 21.3. The Balaban J connectivity index is 3.00. The molecule has 0 radical (unpaired) electrons. The van der Waals surface area contributed by atoms with E-state index in [-0.39, 0.29) is 0 Å². The van der Waals surface area contributed by atoms with Gasteiger partial charge < -0.3 is 10.2 Å². The SMILES string of the molecule is O=C(O)CCCCCCCCCCCCCCCCSCCCCCCCCCCCO. The van der Waals surface area contributed by atoms with Crippen LogP contribution in [0.3, 0.4) is 0 Å². The van der Waals surface area contributed by atoms with E-state index in [0.717, 1.165) is 19.3 Å². The number of unbranched alkanes of at least 4 members (excludes halogenated alkanes) is 21. The highest BCUT2D eigenvalue weighted by Crippen LogP contribution is 2.16. The van der Waals surface area contributed by atoms with Gasteiger partial charge in [0.25, 0.3) is 0 Å². The summed E-state index contributed by atoms with van der Waals surface area (Å²) in [6.45, 7) is 0.361. The summed E-state index contributed by atoms with van der Waals surface area (Å²) < 4.78 is 0. The van der Waals surface area contributed by atoms with Crippen LogP contribution >= 0.6 is 11.8 Å². The second-order valence-corrected chi connectivity index (χ2v) is 10.8. The Bertz CT molecular complexity index is 363. The van der Waals surface area contributed by atoms with Gasteiger partial charge in [0.15, 0.2) is 0 Å². The minimum absolute atomic E-state index is 0.341. The molecule has 0 fully saturated rings. The summed E-state index contributed by atoms with van der Waals surface area (Å²) in [6, 6.07) is 0. The summed E-state index contributed by atoms with van der Waals surface area (Å²) in [7, 11) is 0. The number of hydrogen-bond donors (Lipinski definition) is 2. The third-order valence-electron chi connectivity index (χ3n) is 6.38. The van der Waals surface area contributed by atoms with E-state index in [0.29, 0.717) is 13.0 Å². The molecule has 0 aromatic heterocycles. The van der Waals surface area contributed by atoms with E-state index in [4.69, 9.17) is 10.2 Å². The predicted molar refractivity (Wildman–Crippen MR) is 143 cm³/mol. The third kappa shape index (κ3) is 29.8. The molecule has 0 aromatic carbocycles. The van der Waals surface area contributed by atoms with Crippen molar-refractivity contribution in [3.63, 3.8) is 0 Å². The van der Waals surface area contributed by atoms with Gasteiger partial charge >= 0.3 is 5.97 Å². The maximum atomic E-state index is 10.4. The maximum absolute atomic E-state index is 10.4. The molecule has 0 spiro atoms. The van der Waals surface area contributed by atoms with Crippen molar-refractivity contribution in [1.29, 1.82) is 0 Å². The molecular formula is C28H56O3S. The zero-order valence-corrected chi connectivity index (χ0v) is 22.1. The summed E-state index contributed by atoms with van der Waals surface area (Å²) >= 11 is 2.17. The molecule has 0 bridgehead atoms. The minimum Gasteiger partial charge on any atom is -0.481 e. The average Bonchev–Trinajstić information content (AvgIpc) is 2.78. The Morgan fingerprint density at radius 1 is 0.438 bits per heavy atom. The topological polar surface area (TPSA) is 57.5 Å². The van der Waals surface area contributed by atoms with Crippen LogP contribution < -0.4 is 0 Å². The van der Waals surface area contributed by atoms with Crippen molar-refractivity contribution in [2.75, 3.05) is 18.1 Å². The summed E-state index contributed by atoms with van der Waals surface area (Å²) in [5.41, 5.74) is 0. The molecule has 2 N–H and O–H groups in total. The van der Waals surface area contributed by atoms with Crippen LogP contribution in [0.2, 0.25) is 0 Å². The zero-order chi connectivity index (χ0) is 23.4. The van der Waals surface area contributed by atoms with E-state index in [9.17, 15) is 4.79 Å². The monoisotopic (exact) mass is 472 g/mol. The van der Waals surface area contributed by atoms with E-state index in [1.165, 1.54) is 140 Å². The third-order valence-corrected chi connectivity index (χ3v) is 7.53. The van der Waals surface area contributed by atoms with Gasteiger partial charge in [-0.15, -0.1) is 0 Å². The standard InChI is InChI=1S/C28H56O3S/c29-25-21-17-13-9-7-11-15-19-23-27-32-26-22-18-14-10-6-4-2-1-3-5-8-12-16-20-24-28(30)31/h29H,1-27H2,(H,30,31). The first-order valence-electron chi connectivity index (χ1n) is 14.2. The first-order valence-corrected chi connectivity index (χ1v) is 15.3. The van der Waals surface area contributed by atoms with Crippen LogP contribution in [0, 0.1) is 0 Å². The number of carboxylic acids is 1. The Labute approximate surface area is 204 Å². The molecule has 0 saturated heterocycles. The van der Waals surface area contributed by atoms with E-state index in [1.54, 1.807) is 0 Å². The number of aliphatic hydroxyl groups is 1. The fourth-order valence-electron chi connectivity index (χ4n) is 4.26. The first kappa shape index (κ1) is 31.8. The van der Waals surface area contributed by atoms with Crippen molar-refractivity contribution < 1.29 is 15.0 Å². The largest absolute Gasteiger partial charge is 0.481 e. The second-order valence-electron chi connectivity index (χ2n) is 9.61. The highest BCUT2D eigenvalue weighted by atomic mass is 32.2. The van der Waals surface area contributed by atoms with Gasteiger partial charge in [-0.25, -0.2) is 0 Å². The number of rotatable bonds is 28. The van der Waals surface area contributed by atoms with Crippen LogP contribution in [0.25, 0.3) is 0 Å². The molecular weight excluding hydrogens is 416 g/mol. The fraction of sp³-hybridized carbons (Fsp3) is 0.964. The minimum atomic E-state index is -0.654. The molecule has 0 aliphatic rings. The van der Waals surface area contributed by atoms with Crippen molar-refractivity contribution in [2.24, 2.45) is 0 Å². The number of carbonyl (C=O) groups is 1. The first-order chi connectivity index (χ1) is 15.8. The van der Waals surface area contributed by atoms with Gasteiger partial charge in [0.1, 0.15) is 0 Å². The number of aliphatic hydroxyl groups excluding tert-OH is 1. The van der Waals surface area contributed by atoms with Crippen LogP contribution in [0.1, 0.15) is 154 Å². The molecule has 0 heterocycles. The molecule has 0 amide bonds.